The molecule has 2 N–H and O–H groups in total. The third-order valence-electron chi connectivity index (χ3n) is 3.63. The fourth-order valence-corrected chi connectivity index (χ4v) is 2.65. The Kier molecular flexibility index (Phi) is 4.90. The van der Waals surface area contributed by atoms with E-state index in [0.717, 1.165) is 42.7 Å². The van der Waals surface area contributed by atoms with Crippen LogP contribution < -0.4 is 10.9 Å². The van der Waals surface area contributed by atoms with Gasteiger partial charge >= 0.3 is 0 Å². The lowest BCUT2D eigenvalue weighted by molar-refractivity contribution is -0.695. The van der Waals surface area contributed by atoms with Crippen LogP contribution >= 0.6 is 0 Å². The second-order valence-electron chi connectivity index (χ2n) is 5.10. The number of rotatable bonds is 6. The summed E-state index contributed by atoms with van der Waals surface area (Å²) in [5.41, 5.74) is 0.901. The highest BCUT2D eigenvalue weighted by atomic mass is 16.1. The second kappa shape index (κ2) is 6.66. The van der Waals surface area contributed by atoms with Gasteiger partial charge < -0.3 is 5.32 Å². The number of hydrogen-bond acceptors (Lipinski definition) is 2. The van der Waals surface area contributed by atoms with Gasteiger partial charge in [-0.05, 0) is 25.5 Å². The van der Waals surface area contributed by atoms with Crippen LogP contribution in [0.25, 0.3) is 10.9 Å². The van der Waals surface area contributed by atoms with Crippen LogP contribution in [-0.4, -0.2) is 16.1 Å². The number of aromatic nitrogens is 2. The zero-order valence-electron chi connectivity index (χ0n) is 12.6. The van der Waals surface area contributed by atoms with E-state index in [-0.39, 0.29) is 11.6 Å². The number of para-hydroxylation sites is 1. The highest BCUT2D eigenvalue weighted by Crippen LogP contribution is 2.14. The molecule has 0 aliphatic heterocycles. The van der Waals surface area contributed by atoms with E-state index in [0.29, 0.717) is 0 Å². The third kappa shape index (κ3) is 2.75. The first kappa shape index (κ1) is 14.7. The van der Waals surface area contributed by atoms with E-state index in [2.05, 4.69) is 26.1 Å². The monoisotopic (exact) mass is 274 g/mol. The summed E-state index contributed by atoms with van der Waals surface area (Å²) in [6.07, 6.45) is 1.91. The van der Waals surface area contributed by atoms with Crippen LogP contribution in [0.4, 0.5) is 0 Å². The molecule has 1 atom stereocenters. The van der Waals surface area contributed by atoms with Gasteiger partial charge in [0.05, 0.1) is 17.4 Å². The Hall–Kier alpha value is -1.68. The van der Waals surface area contributed by atoms with Crippen LogP contribution in [0, 0.1) is 0 Å². The maximum absolute atomic E-state index is 12.7. The van der Waals surface area contributed by atoms with Gasteiger partial charge in [-0.25, -0.2) is 4.98 Å². The standard InChI is InChI=1S/C16H23N3O/c1-4-11-19-15(13(5-2)17-6-3)18-14-10-8-7-9-12(14)16(19)20/h7-10,13,17H,4-6,11H2,1-3H3/p+1/t13-/m1/s1. The van der Waals surface area contributed by atoms with Crippen LogP contribution in [0.3, 0.4) is 0 Å². The molecule has 0 bridgehead atoms. The van der Waals surface area contributed by atoms with E-state index in [1.807, 2.05) is 28.8 Å². The zero-order valence-corrected chi connectivity index (χ0v) is 12.6. The Morgan fingerprint density at radius 2 is 2.00 bits per heavy atom. The molecule has 0 saturated carbocycles. The van der Waals surface area contributed by atoms with E-state index >= 15 is 0 Å². The van der Waals surface area contributed by atoms with E-state index < -0.39 is 0 Å². The number of hydrogen-bond donors (Lipinski definition) is 1. The van der Waals surface area contributed by atoms with Crippen LogP contribution in [0.1, 0.15) is 45.5 Å². The molecular formula is C16H24N3O+. The molecule has 0 radical (unpaired) electrons. The number of benzene rings is 1. The Bertz CT molecular complexity index is 633. The average molecular weight is 274 g/mol. The fraction of sp³-hybridized carbons (Fsp3) is 0.500. The summed E-state index contributed by atoms with van der Waals surface area (Å²) >= 11 is 0. The molecule has 2 rings (SSSR count). The molecule has 0 aliphatic rings. The summed E-state index contributed by atoms with van der Waals surface area (Å²) in [5.74, 6) is 0.917. The van der Waals surface area contributed by atoms with Crippen molar-refractivity contribution in [3.63, 3.8) is 0 Å². The summed E-state index contributed by atoms with van der Waals surface area (Å²) in [7, 11) is 0. The number of quaternary nitrogens is 1. The first-order valence-electron chi connectivity index (χ1n) is 7.55. The minimum Gasteiger partial charge on any atom is -0.338 e. The van der Waals surface area contributed by atoms with E-state index in [1.54, 1.807) is 0 Å². The minimum absolute atomic E-state index is 0.0930. The molecule has 20 heavy (non-hydrogen) atoms. The van der Waals surface area contributed by atoms with Gasteiger partial charge in [0.1, 0.15) is 6.04 Å². The summed E-state index contributed by atoms with van der Waals surface area (Å²) < 4.78 is 1.86. The largest absolute Gasteiger partial charge is 0.338 e. The average Bonchev–Trinajstić information content (AvgIpc) is 2.48. The van der Waals surface area contributed by atoms with Crippen molar-refractivity contribution in [1.29, 1.82) is 0 Å². The molecule has 1 aromatic heterocycles. The first-order valence-corrected chi connectivity index (χ1v) is 7.55. The van der Waals surface area contributed by atoms with Crippen LogP contribution in [-0.2, 0) is 6.54 Å². The second-order valence-corrected chi connectivity index (χ2v) is 5.10. The number of nitrogens with two attached hydrogens (primary N) is 1. The SMILES string of the molecule is CCCn1c([C@@H](CC)[NH2+]CC)nc2ccccc2c1=O. The predicted octanol–water partition coefficient (Wildman–Crippen LogP) is 1.84. The molecule has 1 heterocycles. The van der Waals surface area contributed by atoms with Gasteiger partial charge in [-0.2, -0.15) is 0 Å². The van der Waals surface area contributed by atoms with Crippen molar-refractivity contribution < 1.29 is 5.32 Å². The Morgan fingerprint density at radius 3 is 2.65 bits per heavy atom. The molecular weight excluding hydrogens is 250 g/mol. The molecule has 4 nitrogen and oxygen atoms in total. The Labute approximate surface area is 119 Å². The lowest BCUT2D eigenvalue weighted by Gasteiger charge is -2.18. The predicted molar refractivity (Wildman–Crippen MR) is 81.8 cm³/mol. The van der Waals surface area contributed by atoms with Crippen molar-refractivity contribution in [3.05, 3.63) is 40.4 Å². The van der Waals surface area contributed by atoms with E-state index in [9.17, 15) is 4.79 Å². The molecule has 1 aromatic carbocycles. The molecule has 0 aliphatic carbocycles. The van der Waals surface area contributed by atoms with Crippen molar-refractivity contribution in [3.8, 4) is 0 Å². The quantitative estimate of drug-likeness (QED) is 0.874. The summed E-state index contributed by atoms with van der Waals surface area (Å²) in [6, 6.07) is 7.88. The van der Waals surface area contributed by atoms with Gasteiger partial charge in [-0.15, -0.1) is 0 Å². The molecule has 2 aromatic rings. The van der Waals surface area contributed by atoms with Crippen LogP contribution in [0.5, 0.6) is 0 Å². The zero-order chi connectivity index (χ0) is 14.5. The Balaban J connectivity index is 2.67. The van der Waals surface area contributed by atoms with Crippen molar-refractivity contribution in [2.45, 2.75) is 46.2 Å². The molecule has 0 spiro atoms. The maximum Gasteiger partial charge on any atom is 0.261 e. The molecule has 0 saturated heterocycles. The molecule has 0 unspecified atom stereocenters. The number of fused-ring (bicyclic) bond motifs is 1. The molecule has 4 heteroatoms. The van der Waals surface area contributed by atoms with Crippen LogP contribution in [0.2, 0.25) is 0 Å². The summed E-state index contributed by atoms with van der Waals surface area (Å²) in [6.45, 7) is 8.10. The van der Waals surface area contributed by atoms with E-state index in [1.165, 1.54) is 0 Å². The van der Waals surface area contributed by atoms with Gasteiger partial charge in [0, 0.05) is 13.0 Å². The lowest BCUT2D eigenvalue weighted by Crippen LogP contribution is -2.85. The van der Waals surface area contributed by atoms with Gasteiger partial charge in [0.2, 0.25) is 0 Å². The smallest absolute Gasteiger partial charge is 0.261 e. The Morgan fingerprint density at radius 1 is 1.25 bits per heavy atom. The van der Waals surface area contributed by atoms with Gasteiger partial charge in [-0.3, -0.25) is 9.36 Å². The van der Waals surface area contributed by atoms with Crippen molar-refractivity contribution in [1.82, 2.24) is 9.55 Å². The summed E-state index contributed by atoms with van der Waals surface area (Å²) in [4.78, 5) is 17.4. The normalized spacial score (nSPS) is 12.8. The molecule has 108 valence electrons. The highest BCUT2D eigenvalue weighted by molar-refractivity contribution is 5.77. The number of nitrogens with zero attached hydrogens (tertiary/aromatic N) is 2. The molecule has 0 fully saturated rings. The van der Waals surface area contributed by atoms with Crippen LogP contribution in [0.15, 0.2) is 29.1 Å². The highest BCUT2D eigenvalue weighted by Gasteiger charge is 2.20. The lowest BCUT2D eigenvalue weighted by atomic mass is 10.1. The first-order chi connectivity index (χ1) is 9.72. The molecule has 0 amide bonds. The van der Waals surface area contributed by atoms with Crippen molar-refractivity contribution >= 4 is 10.9 Å². The van der Waals surface area contributed by atoms with Gasteiger partial charge in [0.15, 0.2) is 5.82 Å². The minimum atomic E-state index is 0.0930. The van der Waals surface area contributed by atoms with E-state index in [4.69, 9.17) is 4.98 Å². The topological polar surface area (TPSA) is 51.5 Å². The maximum atomic E-state index is 12.7. The van der Waals surface area contributed by atoms with Crippen molar-refractivity contribution in [2.75, 3.05) is 6.54 Å². The third-order valence-corrected chi connectivity index (χ3v) is 3.63. The van der Waals surface area contributed by atoms with Crippen molar-refractivity contribution in [2.24, 2.45) is 0 Å². The van der Waals surface area contributed by atoms with Gasteiger partial charge in [0.25, 0.3) is 5.56 Å². The fourth-order valence-electron chi connectivity index (χ4n) is 2.65. The summed E-state index contributed by atoms with van der Waals surface area (Å²) in [5, 5.41) is 2.97. The van der Waals surface area contributed by atoms with Gasteiger partial charge in [-0.1, -0.05) is 26.0 Å².